The van der Waals surface area contributed by atoms with Crippen molar-refractivity contribution in [3.05, 3.63) is 57.3 Å². The quantitative estimate of drug-likeness (QED) is 0.405. The number of benzene rings is 2. The molecule has 0 saturated carbocycles. The maximum atomic E-state index is 12.1. The molecule has 0 amide bonds. The lowest BCUT2D eigenvalue weighted by atomic mass is 10.2. The van der Waals surface area contributed by atoms with E-state index in [0.717, 1.165) is 26.0 Å². The number of imidazole rings is 1. The van der Waals surface area contributed by atoms with E-state index in [1.54, 1.807) is 12.1 Å². The van der Waals surface area contributed by atoms with Crippen molar-refractivity contribution in [2.24, 2.45) is 0 Å². The molecule has 5 nitrogen and oxygen atoms in total. The van der Waals surface area contributed by atoms with Crippen LogP contribution >= 0.6 is 39.3 Å². The zero-order valence-electron chi connectivity index (χ0n) is 14.6. The second-order valence-corrected chi connectivity index (χ2v) is 8.26. The number of ether oxygens (including phenoxy) is 1. The molecular formula is C19H18BrClN2O3S. The summed E-state index contributed by atoms with van der Waals surface area (Å²) in [7, 11) is 0. The first kappa shape index (κ1) is 20.2. The topological polar surface area (TPSA) is 64.3 Å². The Morgan fingerprint density at radius 1 is 1.33 bits per heavy atom. The van der Waals surface area contributed by atoms with Crippen LogP contribution in [-0.4, -0.2) is 33.0 Å². The minimum absolute atomic E-state index is 0.0440. The van der Waals surface area contributed by atoms with Crippen LogP contribution in [-0.2, 0) is 22.7 Å². The number of hydrogen-bond donors (Lipinski definition) is 1. The summed E-state index contributed by atoms with van der Waals surface area (Å²) in [6, 6.07) is 11.3. The van der Waals surface area contributed by atoms with Gasteiger partial charge in [-0.15, -0.1) is 11.8 Å². The minimum atomic E-state index is -0.317. The fourth-order valence-corrected chi connectivity index (χ4v) is 4.15. The zero-order chi connectivity index (χ0) is 19.4. The van der Waals surface area contributed by atoms with E-state index in [2.05, 4.69) is 20.9 Å². The first-order valence-electron chi connectivity index (χ1n) is 8.28. The van der Waals surface area contributed by atoms with Gasteiger partial charge in [-0.25, -0.2) is 4.98 Å². The number of aryl methyl sites for hydroxylation is 1. The molecule has 0 aliphatic rings. The maximum absolute atomic E-state index is 12.1. The second kappa shape index (κ2) is 9.10. The highest BCUT2D eigenvalue weighted by Crippen LogP contribution is 2.26. The number of carbonyl (C=O) groups excluding carboxylic acids is 1. The Morgan fingerprint density at radius 3 is 2.89 bits per heavy atom. The molecule has 0 fully saturated rings. The molecule has 2 aromatic carbocycles. The molecule has 8 heteroatoms. The van der Waals surface area contributed by atoms with Crippen LogP contribution in [0.15, 0.2) is 45.8 Å². The van der Waals surface area contributed by atoms with Gasteiger partial charge in [-0.05, 0) is 48.9 Å². The van der Waals surface area contributed by atoms with Crippen molar-refractivity contribution in [3.8, 4) is 0 Å². The largest absolute Gasteiger partial charge is 0.457 e. The Balaban J connectivity index is 1.65. The van der Waals surface area contributed by atoms with Crippen molar-refractivity contribution in [2.75, 3.05) is 12.4 Å². The van der Waals surface area contributed by atoms with E-state index in [1.165, 1.54) is 11.8 Å². The van der Waals surface area contributed by atoms with Gasteiger partial charge in [0.15, 0.2) is 0 Å². The van der Waals surface area contributed by atoms with Gasteiger partial charge in [0.1, 0.15) is 12.4 Å². The molecule has 142 valence electrons. The van der Waals surface area contributed by atoms with Gasteiger partial charge in [0.2, 0.25) is 0 Å². The van der Waals surface area contributed by atoms with E-state index in [4.69, 9.17) is 16.3 Å². The van der Waals surface area contributed by atoms with Crippen LogP contribution in [0.3, 0.4) is 0 Å². The predicted molar refractivity (Wildman–Crippen MR) is 111 cm³/mol. The number of hydrogen-bond acceptors (Lipinski definition) is 5. The molecule has 0 spiro atoms. The zero-order valence-corrected chi connectivity index (χ0v) is 17.8. The highest BCUT2D eigenvalue weighted by Gasteiger charge is 2.14. The van der Waals surface area contributed by atoms with Crippen molar-refractivity contribution in [1.82, 2.24) is 9.55 Å². The number of aliphatic hydroxyl groups is 1. The second-order valence-electron chi connectivity index (χ2n) is 5.90. The highest BCUT2D eigenvalue weighted by molar-refractivity contribution is 9.10. The minimum Gasteiger partial charge on any atom is -0.457 e. The monoisotopic (exact) mass is 468 g/mol. The fourth-order valence-electron chi connectivity index (χ4n) is 2.70. The predicted octanol–water partition coefficient (Wildman–Crippen LogP) is 4.59. The highest BCUT2D eigenvalue weighted by atomic mass is 79.9. The number of aliphatic hydroxyl groups excluding tert-OH is 1. The number of carbonyl (C=O) groups is 1. The fraction of sp³-hybridized carbons (Fsp3) is 0.263. The molecular weight excluding hydrogens is 452 g/mol. The average Bonchev–Trinajstić information content (AvgIpc) is 2.96. The van der Waals surface area contributed by atoms with E-state index in [1.807, 2.05) is 35.8 Å². The van der Waals surface area contributed by atoms with Crippen LogP contribution in [0.2, 0.25) is 5.02 Å². The Kier molecular flexibility index (Phi) is 6.81. The molecule has 0 aliphatic carbocycles. The van der Waals surface area contributed by atoms with Gasteiger partial charge in [-0.1, -0.05) is 27.5 Å². The van der Waals surface area contributed by atoms with Crippen LogP contribution in [0.4, 0.5) is 0 Å². The summed E-state index contributed by atoms with van der Waals surface area (Å²) >= 11 is 10.9. The smallest absolute Gasteiger partial charge is 0.316 e. The van der Waals surface area contributed by atoms with Crippen molar-refractivity contribution in [2.45, 2.75) is 25.0 Å². The Labute approximate surface area is 174 Å². The molecule has 0 unspecified atom stereocenters. The maximum Gasteiger partial charge on any atom is 0.316 e. The standard InChI is InChI=1S/C19H18BrClN2O3S/c1-12-8-13(20)2-5-17(12)27-11-19(25)26-10-18-22-15-4-3-14(21)9-16(15)23(18)6-7-24/h2-5,8-9,24H,6-7,10-11H2,1H3. The molecule has 0 radical (unpaired) electrons. The summed E-state index contributed by atoms with van der Waals surface area (Å²) in [5.41, 5.74) is 2.66. The molecule has 0 atom stereocenters. The van der Waals surface area contributed by atoms with Gasteiger partial charge in [0.05, 0.1) is 23.4 Å². The number of esters is 1. The Hall–Kier alpha value is -1.54. The van der Waals surface area contributed by atoms with Gasteiger partial charge in [0, 0.05) is 20.9 Å². The molecule has 3 aromatic rings. The molecule has 1 N–H and O–H groups in total. The van der Waals surface area contributed by atoms with E-state index < -0.39 is 0 Å². The normalized spacial score (nSPS) is 11.1. The Bertz CT molecular complexity index is 977. The van der Waals surface area contributed by atoms with Crippen LogP contribution in [0.25, 0.3) is 11.0 Å². The lowest BCUT2D eigenvalue weighted by Gasteiger charge is -2.09. The number of thioether (sulfide) groups is 1. The van der Waals surface area contributed by atoms with Crippen molar-refractivity contribution < 1.29 is 14.6 Å². The summed E-state index contributed by atoms with van der Waals surface area (Å²) < 4.78 is 8.22. The average molecular weight is 470 g/mol. The lowest BCUT2D eigenvalue weighted by Crippen LogP contribution is -2.12. The van der Waals surface area contributed by atoms with Crippen LogP contribution < -0.4 is 0 Å². The third-order valence-corrected chi connectivity index (χ3v) is 5.84. The summed E-state index contributed by atoms with van der Waals surface area (Å²) in [5, 5.41) is 9.92. The summed E-state index contributed by atoms with van der Waals surface area (Å²) in [6.07, 6.45) is 0. The van der Waals surface area contributed by atoms with Gasteiger partial charge in [-0.2, -0.15) is 0 Å². The number of halogens is 2. The SMILES string of the molecule is Cc1cc(Br)ccc1SCC(=O)OCc1nc2ccc(Cl)cc2n1CCO. The number of rotatable bonds is 7. The lowest BCUT2D eigenvalue weighted by molar-refractivity contribution is -0.142. The van der Waals surface area contributed by atoms with Crippen molar-refractivity contribution in [1.29, 1.82) is 0 Å². The molecule has 0 bridgehead atoms. The van der Waals surface area contributed by atoms with Crippen molar-refractivity contribution in [3.63, 3.8) is 0 Å². The first-order chi connectivity index (χ1) is 13.0. The van der Waals surface area contributed by atoms with Gasteiger partial charge in [0.25, 0.3) is 0 Å². The van der Waals surface area contributed by atoms with Gasteiger partial charge in [-0.3, -0.25) is 4.79 Å². The van der Waals surface area contributed by atoms with E-state index >= 15 is 0 Å². The van der Waals surface area contributed by atoms with Crippen LogP contribution in [0.5, 0.6) is 0 Å². The molecule has 1 heterocycles. The molecule has 27 heavy (non-hydrogen) atoms. The van der Waals surface area contributed by atoms with E-state index in [9.17, 15) is 9.90 Å². The summed E-state index contributed by atoms with van der Waals surface area (Å²) in [4.78, 5) is 17.7. The molecule has 0 saturated heterocycles. The summed E-state index contributed by atoms with van der Waals surface area (Å²) in [5.74, 6) is 0.483. The van der Waals surface area contributed by atoms with E-state index in [0.29, 0.717) is 17.4 Å². The number of nitrogens with zero attached hydrogens (tertiary/aromatic N) is 2. The first-order valence-corrected chi connectivity index (χ1v) is 10.4. The van der Waals surface area contributed by atoms with E-state index in [-0.39, 0.29) is 24.9 Å². The number of aromatic nitrogens is 2. The van der Waals surface area contributed by atoms with Gasteiger partial charge < -0.3 is 14.4 Å². The van der Waals surface area contributed by atoms with Gasteiger partial charge >= 0.3 is 5.97 Å². The molecule has 3 rings (SSSR count). The third kappa shape index (κ3) is 5.04. The molecule has 1 aromatic heterocycles. The van der Waals surface area contributed by atoms with Crippen molar-refractivity contribution >= 4 is 56.3 Å². The molecule has 0 aliphatic heterocycles. The summed E-state index contributed by atoms with van der Waals surface area (Å²) in [6.45, 7) is 2.36. The number of fused-ring (bicyclic) bond motifs is 1. The van der Waals surface area contributed by atoms with Crippen LogP contribution in [0, 0.1) is 6.92 Å². The van der Waals surface area contributed by atoms with Crippen LogP contribution in [0.1, 0.15) is 11.4 Å². The Morgan fingerprint density at radius 2 is 2.15 bits per heavy atom. The third-order valence-electron chi connectivity index (χ3n) is 3.96.